The second kappa shape index (κ2) is 25.4. The van der Waals surface area contributed by atoms with Gasteiger partial charge in [0.1, 0.15) is 22.2 Å². The number of benzene rings is 16. The van der Waals surface area contributed by atoms with Crippen LogP contribution in [0.15, 0.2) is 365 Å². The lowest BCUT2D eigenvalue weighted by atomic mass is 10.0. The topological polar surface area (TPSA) is 144 Å². The maximum absolute atomic E-state index is 5.28. The molecular weight excluding hydrogens is 1560 g/mol. The average molecular weight is 1620 g/mol. The molecular formula is C112H63N15. The van der Waals surface area contributed by atoms with Crippen LogP contribution in [0.25, 0.3) is 274 Å². The number of rotatable bonds is 4. The van der Waals surface area contributed by atoms with Gasteiger partial charge in [-0.3, -0.25) is 28.7 Å². The van der Waals surface area contributed by atoms with Crippen LogP contribution in [0.1, 0.15) is 5.69 Å². The Morgan fingerprint density at radius 1 is 0.205 bits per heavy atom. The maximum atomic E-state index is 5.28. The van der Waals surface area contributed by atoms with Gasteiger partial charge in [0.05, 0.1) is 111 Å². The Balaban J connectivity index is 0.0000000949. The van der Waals surface area contributed by atoms with Gasteiger partial charge in [0, 0.05) is 121 Å². The molecule has 0 saturated carbocycles. The molecule has 16 aromatic carbocycles. The highest BCUT2D eigenvalue weighted by molar-refractivity contribution is 6.40. The Morgan fingerprint density at radius 2 is 0.543 bits per heavy atom. The second-order valence-corrected chi connectivity index (χ2v) is 33.6. The molecule has 586 valence electrons. The molecule has 0 aliphatic carbocycles. The summed E-state index contributed by atoms with van der Waals surface area (Å²) in [6.07, 6.45) is 7.21. The van der Waals surface area contributed by atoms with Gasteiger partial charge >= 0.3 is 0 Å². The van der Waals surface area contributed by atoms with Crippen LogP contribution in [0.5, 0.6) is 0 Å². The summed E-state index contributed by atoms with van der Waals surface area (Å²) in [6.45, 7) is 2.02. The molecule has 0 amide bonds. The Hall–Kier alpha value is -17.4. The largest absolute Gasteiger partial charge is 0.308 e. The van der Waals surface area contributed by atoms with Crippen LogP contribution < -0.4 is 0 Å². The van der Waals surface area contributed by atoms with Gasteiger partial charge in [-0.2, -0.15) is 0 Å². The van der Waals surface area contributed by atoms with Crippen molar-refractivity contribution in [3.63, 3.8) is 0 Å². The lowest BCUT2D eigenvalue weighted by Crippen LogP contribution is -2.04. The third kappa shape index (κ3) is 9.33. The molecule has 15 heterocycles. The standard InChI is InChI=1S/C41H23N5.C36H21N5.C35H19N5/c1-2-11-24(12-3-1)38-39-31(17-10-20-42-39)43-41(44-38)46-33-19-9-7-16-28(33)36-35(46)23-29-27-15-6-8-18-32(27)45-34-22-26-14-5-4-13-25(26)21-30(34)37(36)40(29)45;1-20-34-27(13-8-16-37-34)39-36(38-20)41-29-15-7-5-12-24(29)32-31(41)19-25-23-11-4-6-14-28(23)40-30-18-22-10-3-2-9-21(22)17-26(30)33(32)35(25)40;1-2-9-21-17-30-25(16-20(21)8-1)33-32-23-11-4-6-14-29(23)40(35-37-19-27-26(38-35)12-7-15-36-27)31(32)18-24-22-10-3-5-13-28(22)39(30)34(24)33/h1-23H;2-19H,1H3;1-19H. The first-order chi connectivity index (χ1) is 62.9. The number of fused-ring (bicyclic) bond motifs is 36. The summed E-state index contributed by atoms with van der Waals surface area (Å²) in [7, 11) is 0. The summed E-state index contributed by atoms with van der Waals surface area (Å²) in [4.78, 5) is 44.0. The smallest absolute Gasteiger partial charge is 0.235 e. The number of aromatic nitrogens is 15. The second-order valence-electron chi connectivity index (χ2n) is 33.6. The van der Waals surface area contributed by atoms with Crippen molar-refractivity contribution in [2.24, 2.45) is 0 Å². The van der Waals surface area contributed by atoms with Crippen molar-refractivity contribution < 1.29 is 0 Å². The van der Waals surface area contributed by atoms with Gasteiger partial charge in [-0.05, 0) is 167 Å². The van der Waals surface area contributed by atoms with E-state index in [2.05, 4.69) is 322 Å². The van der Waals surface area contributed by atoms with Crippen molar-refractivity contribution in [2.45, 2.75) is 6.92 Å². The minimum Gasteiger partial charge on any atom is -0.308 e. The van der Waals surface area contributed by atoms with Crippen LogP contribution in [0.3, 0.4) is 0 Å². The van der Waals surface area contributed by atoms with Crippen LogP contribution >= 0.6 is 0 Å². The summed E-state index contributed by atoms with van der Waals surface area (Å²) < 4.78 is 14.1. The number of nitrogens with zero attached hydrogens (tertiary/aromatic N) is 15. The Bertz CT molecular complexity index is 10200. The zero-order valence-electron chi connectivity index (χ0n) is 67.8. The number of para-hydroxylation sites is 6. The quantitative estimate of drug-likeness (QED) is 0.168. The monoisotopic (exact) mass is 1620 g/mol. The first-order valence-corrected chi connectivity index (χ1v) is 42.9. The highest BCUT2D eigenvalue weighted by atomic mass is 15.2. The molecule has 0 bridgehead atoms. The number of hydrogen-bond acceptors (Lipinski definition) is 9. The number of hydrogen-bond donors (Lipinski definition) is 0. The van der Waals surface area contributed by atoms with E-state index in [9.17, 15) is 0 Å². The lowest BCUT2D eigenvalue weighted by Gasteiger charge is -2.11. The molecule has 0 spiro atoms. The van der Waals surface area contributed by atoms with E-state index in [1.807, 2.05) is 73.9 Å². The Labute approximate surface area is 718 Å². The molecule has 0 aliphatic heterocycles. The molecule has 0 atom stereocenters. The predicted octanol–water partition coefficient (Wildman–Crippen LogP) is 27.3. The van der Waals surface area contributed by atoms with Crippen molar-refractivity contribution in [3.8, 4) is 29.1 Å². The summed E-state index contributed by atoms with van der Waals surface area (Å²) >= 11 is 0. The first kappa shape index (κ1) is 68.2. The minimum absolute atomic E-state index is 0.637. The average Bonchev–Trinajstić information content (AvgIpc) is 1.52. The molecule has 0 unspecified atom stereocenters. The highest BCUT2D eigenvalue weighted by Crippen LogP contribution is 2.52. The van der Waals surface area contributed by atoms with E-state index in [-0.39, 0.29) is 0 Å². The normalized spacial score (nSPS) is 12.4. The van der Waals surface area contributed by atoms with Crippen LogP contribution in [0, 0.1) is 6.92 Å². The van der Waals surface area contributed by atoms with Gasteiger partial charge in [0.2, 0.25) is 17.8 Å². The fraction of sp³-hybridized carbons (Fsp3) is 0.00893. The van der Waals surface area contributed by atoms with Crippen molar-refractivity contribution >= 4 is 245 Å². The molecule has 127 heavy (non-hydrogen) atoms. The van der Waals surface area contributed by atoms with E-state index in [4.69, 9.17) is 34.9 Å². The van der Waals surface area contributed by atoms with Gasteiger partial charge in [0.15, 0.2) is 0 Å². The van der Waals surface area contributed by atoms with Gasteiger partial charge in [0.25, 0.3) is 0 Å². The van der Waals surface area contributed by atoms with Crippen LogP contribution in [0.2, 0.25) is 0 Å². The molecule has 0 saturated heterocycles. The van der Waals surface area contributed by atoms with Crippen LogP contribution in [-0.2, 0) is 0 Å². The van der Waals surface area contributed by atoms with E-state index in [1.54, 1.807) is 12.4 Å². The molecule has 0 radical (unpaired) electrons. The van der Waals surface area contributed by atoms with E-state index < -0.39 is 0 Å². The van der Waals surface area contributed by atoms with Crippen LogP contribution in [-0.4, -0.2) is 71.8 Å². The third-order valence-electron chi connectivity index (χ3n) is 26.9. The Kier molecular flexibility index (Phi) is 13.6. The van der Waals surface area contributed by atoms with E-state index in [0.29, 0.717) is 17.8 Å². The van der Waals surface area contributed by atoms with Gasteiger partial charge in [-0.1, -0.05) is 212 Å². The van der Waals surface area contributed by atoms with Gasteiger partial charge < -0.3 is 13.2 Å². The molecule has 0 aliphatic rings. The van der Waals surface area contributed by atoms with Gasteiger partial charge in [-0.25, -0.2) is 29.9 Å². The summed E-state index contributed by atoms with van der Waals surface area (Å²) in [6, 6.07) is 122. The maximum Gasteiger partial charge on any atom is 0.235 e. The summed E-state index contributed by atoms with van der Waals surface area (Å²) in [5, 5.41) is 29.8. The molecule has 31 aromatic rings. The molecule has 0 fully saturated rings. The van der Waals surface area contributed by atoms with Crippen molar-refractivity contribution in [3.05, 3.63) is 370 Å². The minimum atomic E-state index is 0.637. The molecule has 31 rings (SSSR count). The van der Waals surface area contributed by atoms with Crippen molar-refractivity contribution in [1.29, 1.82) is 0 Å². The number of pyridine rings is 3. The van der Waals surface area contributed by atoms with E-state index in [1.165, 1.54) is 179 Å². The summed E-state index contributed by atoms with van der Waals surface area (Å²) in [5.41, 5.74) is 25.4. The first-order valence-electron chi connectivity index (χ1n) is 42.9. The van der Waals surface area contributed by atoms with Gasteiger partial charge in [-0.15, -0.1) is 0 Å². The van der Waals surface area contributed by atoms with E-state index in [0.717, 1.165) is 83.2 Å². The van der Waals surface area contributed by atoms with Crippen molar-refractivity contribution in [1.82, 2.24) is 71.8 Å². The summed E-state index contributed by atoms with van der Waals surface area (Å²) in [5.74, 6) is 1.96. The molecule has 15 nitrogen and oxygen atoms in total. The SMILES string of the molecule is Cc1nc(-n2c3ccccc3c3c4c5cc6ccccc6cc5n5c6ccccc6c(cc32)c45)nc2cccnc12.c1ccc(-c2nc(-n3c4ccccc4c4c5c6cc7ccccc7cc6n6c7ccccc7c(cc43)c56)nc3cccnc23)cc1.c1ccc2cc3c(cc2c1)c1c2c4ccccc4n(-c4ncc5ncccc5n4)c2cc2c4ccccc4n3c21. The highest BCUT2D eigenvalue weighted by Gasteiger charge is 2.31. The Morgan fingerprint density at radius 3 is 0.984 bits per heavy atom. The lowest BCUT2D eigenvalue weighted by molar-refractivity contribution is 0.984. The molecule has 15 heteroatoms. The fourth-order valence-corrected chi connectivity index (χ4v) is 21.8. The van der Waals surface area contributed by atoms with E-state index >= 15 is 0 Å². The molecule has 0 N–H and O–H groups in total. The predicted molar refractivity (Wildman–Crippen MR) is 522 cm³/mol. The zero-order chi connectivity index (χ0) is 82.7. The number of aryl methyl sites for hydroxylation is 1. The molecule has 15 aromatic heterocycles. The fourth-order valence-electron chi connectivity index (χ4n) is 21.8. The van der Waals surface area contributed by atoms with Crippen LogP contribution in [0.4, 0.5) is 0 Å². The third-order valence-corrected chi connectivity index (χ3v) is 26.9. The zero-order valence-corrected chi connectivity index (χ0v) is 67.8. The van der Waals surface area contributed by atoms with Crippen molar-refractivity contribution in [2.75, 3.05) is 0 Å².